The van der Waals surface area contributed by atoms with Crippen LogP contribution in [0.25, 0.3) is 5.57 Å². The standard InChI is InChI=1S/C23H31ClN2O4S/c1-8-10-13-31(28,29)30-23-21(17(7)25-26(23)9-2)22(27)18-11-12-19(24)20(16(18)6)15(5)14(3)4/h11-12H,8-10,13H2,1-7H3. The van der Waals surface area contributed by atoms with Crippen LogP contribution in [0, 0.1) is 13.8 Å². The molecule has 0 aliphatic rings. The van der Waals surface area contributed by atoms with Crippen molar-refractivity contribution in [3.05, 3.63) is 50.7 Å². The van der Waals surface area contributed by atoms with Crippen LogP contribution < -0.4 is 4.18 Å². The third-order valence-corrected chi connectivity index (χ3v) is 6.86. The third kappa shape index (κ3) is 5.39. The summed E-state index contributed by atoms with van der Waals surface area (Å²) in [6, 6.07) is 3.36. The highest BCUT2D eigenvalue weighted by molar-refractivity contribution is 7.87. The largest absolute Gasteiger partial charge is 0.361 e. The van der Waals surface area contributed by atoms with Crippen LogP contribution in [0.2, 0.25) is 5.02 Å². The van der Waals surface area contributed by atoms with E-state index in [0.717, 1.165) is 28.7 Å². The molecule has 0 spiro atoms. The Morgan fingerprint density at radius 3 is 2.32 bits per heavy atom. The number of hydrogen-bond donors (Lipinski definition) is 0. The van der Waals surface area contributed by atoms with Gasteiger partial charge in [0.15, 0.2) is 0 Å². The zero-order valence-electron chi connectivity index (χ0n) is 19.3. The van der Waals surface area contributed by atoms with E-state index in [0.29, 0.717) is 29.2 Å². The molecule has 0 unspecified atom stereocenters. The number of ketones is 1. The van der Waals surface area contributed by atoms with Crippen molar-refractivity contribution in [2.75, 3.05) is 5.75 Å². The summed E-state index contributed by atoms with van der Waals surface area (Å²) in [5.41, 5.74) is 4.66. The average Bonchev–Trinajstić information content (AvgIpc) is 3.00. The number of halogens is 1. The zero-order chi connectivity index (χ0) is 23.5. The maximum Gasteiger partial charge on any atom is 0.310 e. The Kier molecular flexibility index (Phi) is 8.11. The number of unbranched alkanes of at least 4 members (excludes halogenated alkanes) is 1. The van der Waals surface area contributed by atoms with Crippen LogP contribution in [0.3, 0.4) is 0 Å². The van der Waals surface area contributed by atoms with Crippen molar-refractivity contribution in [3.8, 4) is 5.88 Å². The van der Waals surface area contributed by atoms with Crippen molar-refractivity contribution in [1.82, 2.24) is 9.78 Å². The lowest BCUT2D eigenvalue weighted by Crippen LogP contribution is -2.18. The maximum atomic E-state index is 13.6. The number of nitrogens with zero attached hydrogens (tertiary/aromatic N) is 2. The Balaban J connectivity index is 2.66. The van der Waals surface area contributed by atoms with Gasteiger partial charge in [0.25, 0.3) is 0 Å². The molecule has 6 nitrogen and oxygen atoms in total. The van der Waals surface area contributed by atoms with Gasteiger partial charge in [0.2, 0.25) is 11.7 Å². The van der Waals surface area contributed by atoms with Gasteiger partial charge in [-0.3, -0.25) is 4.79 Å². The number of carbonyl (C=O) groups is 1. The lowest BCUT2D eigenvalue weighted by molar-refractivity contribution is 0.103. The van der Waals surface area contributed by atoms with Gasteiger partial charge in [0.05, 0.1) is 11.4 Å². The van der Waals surface area contributed by atoms with E-state index in [9.17, 15) is 13.2 Å². The van der Waals surface area contributed by atoms with E-state index in [1.54, 1.807) is 19.1 Å². The summed E-state index contributed by atoms with van der Waals surface area (Å²) in [6.07, 6.45) is 1.20. The first-order valence-electron chi connectivity index (χ1n) is 10.4. The van der Waals surface area contributed by atoms with E-state index >= 15 is 0 Å². The smallest absolute Gasteiger partial charge is 0.310 e. The second kappa shape index (κ2) is 10.0. The van der Waals surface area contributed by atoms with Crippen LogP contribution in [0.15, 0.2) is 17.7 Å². The van der Waals surface area contributed by atoms with Gasteiger partial charge in [-0.25, -0.2) is 4.68 Å². The fraction of sp³-hybridized carbons (Fsp3) is 0.478. The number of aromatic nitrogens is 2. The number of aryl methyl sites for hydroxylation is 2. The Morgan fingerprint density at radius 2 is 1.77 bits per heavy atom. The Hall–Kier alpha value is -2.12. The summed E-state index contributed by atoms with van der Waals surface area (Å²) in [7, 11) is -3.85. The highest BCUT2D eigenvalue weighted by Gasteiger charge is 2.29. The molecular weight excluding hydrogens is 436 g/mol. The zero-order valence-corrected chi connectivity index (χ0v) is 20.9. The minimum atomic E-state index is -3.85. The molecule has 8 heteroatoms. The van der Waals surface area contributed by atoms with E-state index in [1.807, 2.05) is 41.5 Å². The maximum absolute atomic E-state index is 13.6. The molecule has 0 saturated heterocycles. The highest BCUT2D eigenvalue weighted by atomic mass is 35.5. The van der Waals surface area contributed by atoms with Crippen molar-refractivity contribution >= 4 is 33.1 Å². The molecule has 1 aromatic heterocycles. The number of hydrogen-bond acceptors (Lipinski definition) is 5. The van der Waals surface area contributed by atoms with E-state index in [4.69, 9.17) is 15.8 Å². The van der Waals surface area contributed by atoms with Gasteiger partial charge in [0, 0.05) is 17.1 Å². The van der Waals surface area contributed by atoms with Crippen molar-refractivity contribution < 1.29 is 17.4 Å². The SMILES string of the molecule is CCCCS(=O)(=O)Oc1c(C(=O)c2ccc(Cl)c(C(C)=C(C)C)c2C)c(C)nn1CC. The fourth-order valence-electron chi connectivity index (χ4n) is 3.37. The molecule has 0 atom stereocenters. The number of benzene rings is 1. The molecule has 0 fully saturated rings. The van der Waals surface area contributed by atoms with Gasteiger partial charge in [-0.05, 0) is 76.8 Å². The first-order valence-corrected chi connectivity index (χ1v) is 12.4. The molecule has 2 aromatic rings. The molecule has 1 aromatic carbocycles. The summed E-state index contributed by atoms with van der Waals surface area (Å²) in [5, 5.41) is 4.91. The molecule has 31 heavy (non-hydrogen) atoms. The van der Waals surface area contributed by atoms with Crippen LogP contribution >= 0.6 is 11.6 Å². The Bertz CT molecular complexity index is 1130. The van der Waals surface area contributed by atoms with Crippen molar-refractivity contribution in [1.29, 1.82) is 0 Å². The average molecular weight is 467 g/mol. The van der Waals surface area contributed by atoms with Gasteiger partial charge >= 0.3 is 10.1 Å². The minimum Gasteiger partial charge on any atom is -0.361 e. The molecule has 2 rings (SSSR count). The van der Waals surface area contributed by atoms with Crippen LogP contribution in [0.4, 0.5) is 0 Å². The fourth-order valence-corrected chi connectivity index (χ4v) is 4.86. The quantitative estimate of drug-likeness (QED) is 0.348. The monoisotopic (exact) mass is 466 g/mol. The predicted octanol–water partition coefficient (Wildman–Crippen LogP) is 5.73. The molecule has 0 aliphatic carbocycles. The number of allylic oxidation sites excluding steroid dienone is 2. The lowest BCUT2D eigenvalue weighted by Gasteiger charge is -2.15. The van der Waals surface area contributed by atoms with E-state index in [2.05, 4.69) is 5.10 Å². The van der Waals surface area contributed by atoms with E-state index in [1.165, 1.54) is 4.68 Å². The minimum absolute atomic E-state index is 0.0315. The molecule has 0 N–H and O–H groups in total. The second-order valence-corrected chi connectivity index (χ2v) is 9.93. The molecule has 0 radical (unpaired) electrons. The number of rotatable bonds is 9. The van der Waals surface area contributed by atoms with Crippen molar-refractivity contribution in [3.63, 3.8) is 0 Å². The molecule has 170 valence electrons. The normalized spacial score (nSPS) is 11.5. The van der Waals surface area contributed by atoms with E-state index in [-0.39, 0.29) is 23.0 Å². The van der Waals surface area contributed by atoms with Gasteiger partial charge in [-0.1, -0.05) is 30.5 Å². The molecule has 0 bridgehead atoms. The summed E-state index contributed by atoms with van der Waals surface area (Å²) in [5.74, 6) is -0.486. The van der Waals surface area contributed by atoms with E-state index < -0.39 is 10.1 Å². The Morgan fingerprint density at radius 1 is 1.13 bits per heavy atom. The first kappa shape index (κ1) is 25.1. The molecular formula is C23H31ClN2O4S. The summed E-state index contributed by atoms with van der Waals surface area (Å²) in [4.78, 5) is 13.6. The van der Waals surface area contributed by atoms with Gasteiger partial charge in [-0.15, -0.1) is 0 Å². The summed E-state index contributed by atoms with van der Waals surface area (Å²) in [6.45, 7) is 13.6. The predicted molar refractivity (Wildman–Crippen MR) is 126 cm³/mol. The molecule has 0 saturated carbocycles. The first-order chi connectivity index (χ1) is 14.4. The van der Waals surface area contributed by atoms with Crippen molar-refractivity contribution in [2.24, 2.45) is 0 Å². The summed E-state index contributed by atoms with van der Waals surface area (Å²) < 4.78 is 31.8. The third-order valence-electron chi connectivity index (χ3n) is 5.34. The molecule has 0 amide bonds. The molecule has 1 heterocycles. The van der Waals surface area contributed by atoms with Crippen LogP contribution in [-0.4, -0.2) is 29.7 Å². The van der Waals surface area contributed by atoms with Crippen LogP contribution in [0.5, 0.6) is 5.88 Å². The molecule has 0 aliphatic heterocycles. The van der Waals surface area contributed by atoms with Crippen LogP contribution in [0.1, 0.15) is 80.2 Å². The second-order valence-electron chi connectivity index (χ2n) is 7.83. The highest BCUT2D eigenvalue weighted by Crippen LogP contribution is 2.34. The van der Waals surface area contributed by atoms with Crippen molar-refractivity contribution in [2.45, 2.75) is 67.9 Å². The number of carbonyl (C=O) groups excluding carboxylic acids is 1. The van der Waals surface area contributed by atoms with Gasteiger partial charge in [-0.2, -0.15) is 13.5 Å². The Labute approximate surface area is 190 Å². The lowest BCUT2D eigenvalue weighted by atomic mass is 9.91. The topological polar surface area (TPSA) is 78.3 Å². The summed E-state index contributed by atoms with van der Waals surface area (Å²) >= 11 is 6.45. The van der Waals surface area contributed by atoms with Gasteiger partial charge < -0.3 is 4.18 Å². The van der Waals surface area contributed by atoms with Gasteiger partial charge in [0.1, 0.15) is 5.56 Å². The van der Waals surface area contributed by atoms with Crippen LogP contribution in [-0.2, 0) is 16.7 Å².